The van der Waals surface area contributed by atoms with Crippen molar-refractivity contribution in [3.8, 4) is 17.2 Å². The van der Waals surface area contributed by atoms with Crippen LogP contribution in [0.25, 0.3) is 11.1 Å². The highest BCUT2D eigenvalue weighted by molar-refractivity contribution is 5.95. The standard InChI is InChI=1S/C27H23F3N6O/c1-36-17-22(15-34-36)21-11-12-24(32-14-21)35-26(37)25(20-5-3-2-4-6-20)33-16-23(27(28,29)30)19-9-7-18(13-31)8-10-19/h2-12,14-15,17,23,25,33H,16H2,1H3,(H,32,35,37). The van der Waals surface area contributed by atoms with Gasteiger partial charge in [-0.3, -0.25) is 9.48 Å². The number of aromatic nitrogens is 3. The Morgan fingerprint density at radius 3 is 2.30 bits per heavy atom. The summed E-state index contributed by atoms with van der Waals surface area (Å²) in [5.41, 5.74) is 2.43. The number of nitrogens with zero attached hydrogens (tertiary/aromatic N) is 4. The first-order valence-electron chi connectivity index (χ1n) is 11.4. The average Bonchev–Trinajstić information content (AvgIpc) is 3.33. The molecule has 0 radical (unpaired) electrons. The van der Waals surface area contributed by atoms with E-state index in [9.17, 15) is 18.0 Å². The monoisotopic (exact) mass is 504 g/mol. The van der Waals surface area contributed by atoms with Crippen molar-refractivity contribution >= 4 is 11.7 Å². The third-order valence-electron chi connectivity index (χ3n) is 5.81. The van der Waals surface area contributed by atoms with Gasteiger partial charge < -0.3 is 10.6 Å². The molecule has 2 atom stereocenters. The second-order valence-corrected chi connectivity index (χ2v) is 8.40. The summed E-state index contributed by atoms with van der Waals surface area (Å²) in [7, 11) is 1.80. The van der Waals surface area contributed by atoms with Gasteiger partial charge in [-0.15, -0.1) is 0 Å². The topological polar surface area (TPSA) is 95.6 Å². The number of hydrogen-bond donors (Lipinski definition) is 2. The van der Waals surface area contributed by atoms with Crippen molar-refractivity contribution in [1.82, 2.24) is 20.1 Å². The lowest BCUT2D eigenvalue weighted by Crippen LogP contribution is -2.39. The second-order valence-electron chi connectivity index (χ2n) is 8.40. The van der Waals surface area contributed by atoms with Gasteiger partial charge in [0.2, 0.25) is 5.91 Å². The van der Waals surface area contributed by atoms with E-state index < -0.39 is 30.6 Å². The fourth-order valence-corrected chi connectivity index (χ4v) is 3.86. The highest BCUT2D eigenvalue weighted by Crippen LogP contribution is 2.35. The molecular formula is C27H23F3N6O. The first kappa shape index (κ1) is 25.6. The van der Waals surface area contributed by atoms with E-state index in [1.165, 1.54) is 24.3 Å². The summed E-state index contributed by atoms with van der Waals surface area (Å²) in [5.74, 6) is -2.16. The van der Waals surface area contributed by atoms with Crippen LogP contribution in [0.3, 0.4) is 0 Å². The maximum absolute atomic E-state index is 13.9. The molecule has 1 amide bonds. The van der Waals surface area contributed by atoms with Crippen LogP contribution in [0.5, 0.6) is 0 Å². The first-order chi connectivity index (χ1) is 17.7. The number of pyridine rings is 1. The van der Waals surface area contributed by atoms with E-state index in [1.807, 2.05) is 12.3 Å². The number of amides is 1. The molecule has 2 aromatic carbocycles. The number of halogens is 3. The number of aryl methyl sites for hydroxylation is 1. The Morgan fingerprint density at radius 2 is 1.73 bits per heavy atom. The van der Waals surface area contributed by atoms with Crippen molar-refractivity contribution in [1.29, 1.82) is 5.26 Å². The molecule has 2 heterocycles. The number of rotatable bonds is 8. The molecule has 0 bridgehead atoms. The van der Waals surface area contributed by atoms with Crippen molar-refractivity contribution in [3.63, 3.8) is 0 Å². The van der Waals surface area contributed by atoms with E-state index in [-0.39, 0.29) is 16.9 Å². The Balaban J connectivity index is 1.53. The number of alkyl halides is 3. The third-order valence-corrected chi connectivity index (χ3v) is 5.81. The Labute approximate surface area is 211 Å². The Hall–Kier alpha value is -4.49. The zero-order valence-electron chi connectivity index (χ0n) is 19.8. The van der Waals surface area contributed by atoms with E-state index in [4.69, 9.17) is 5.26 Å². The van der Waals surface area contributed by atoms with Gasteiger partial charge in [0.15, 0.2) is 0 Å². The zero-order valence-corrected chi connectivity index (χ0v) is 19.8. The molecule has 0 aliphatic heterocycles. The van der Waals surface area contributed by atoms with Gasteiger partial charge in [-0.1, -0.05) is 42.5 Å². The summed E-state index contributed by atoms with van der Waals surface area (Å²) >= 11 is 0. The molecule has 0 saturated carbocycles. The molecule has 37 heavy (non-hydrogen) atoms. The SMILES string of the molecule is Cn1cc(-c2ccc(NC(=O)C(NCC(c3ccc(C#N)cc3)C(F)(F)F)c3ccccc3)nc2)cn1. The van der Waals surface area contributed by atoms with Crippen LogP contribution in [0.15, 0.2) is 85.3 Å². The number of anilines is 1. The molecule has 2 N–H and O–H groups in total. The Bertz CT molecular complexity index is 1380. The lowest BCUT2D eigenvalue weighted by Gasteiger charge is -2.25. The van der Waals surface area contributed by atoms with Crippen molar-refractivity contribution in [3.05, 3.63) is 102 Å². The number of benzene rings is 2. The molecule has 2 unspecified atom stereocenters. The van der Waals surface area contributed by atoms with Crippen LogP contribution >= 0.6 is 0 Å². The smallest absolute Gasteiger partial charge is 0.309 e. The summed E-state index contributed by atoms with van der Waals surface area (Å²) in [4.78, 5) is 17.5. The van der Waals surface area contributed by atoms with Gasteiger partial charge in [0.05, 0.1) is 23.7 Å². The molecule has 10 heteroatoms. The molecule has 188 valence electrons. The lowest BCUT2D eigenvalue weighted by molar-refractivity contribution is -0.150. The minimum Gasteiger partial charge on any atom is -0.309 e. The van der Waals surface area contributed by atoms with E-state index in [2.05, 4.69) is 20.7 Å². The minimum atomic E-state index is -4.57. The van der Waals surface area contributed by atoms with Crippen molar-refractivity contribution in [2.75, 3.05) is 11.9 Å². The largest absolute Gasteiger partial charge is 0.396 e. The average molecular weight is 505 g/mol. The predicted octanol–water partition coefficient (Wildman–Crippen LogP) is 4.97. The molecular weight excluding hydrogens is 481 g/mol. The highest BCUT2D eigenvalue weighted by atomic mass is 19.4. The molecule has 2 aromatic heterocycles. The van der Waals surface area contributed by atoms with Crippen LogP contribution in [0.1, 0.15) is 28.7 Å². The van der Waals surface area contributed by atoms with Crippen molar-refractivity contribution in [2.45, 2.75) is 18.1 Å². The number of hydrogen-bond acceptors (Lipinski definition) is 5. The molecule has 0 saturated heterocycles. The van der Waals surface area contributed by atoms with Crippen LogP contribution in [0.2, 0.25) is 0 Å². The fraction of sp³-hybridized carbons (Fsp3) is 0.185. The maximum Gasteiger partial charge on any atom is 0.396 e. The molecule has 0 fully saturated rings. The fourth-order valence-electron chi connectivity index (χ4n) is 3.86. The van der Waals surface area contributed by atoms with Crippen LogP contribution < -0.4 is 10.6 Å². The van der Waals surface area contributed by atoms with Crippen LogP contribution in [-0.2, 0) is 11.8 Å². The van der Waals surface area contributed by atoms with E-state index in [1.54, 1.807) is 66.6 Å². The normalized spacial score (nSPS) is 12.9. The van der Waals surface area contributed by atoms with Crippen LogP contribution in [-0.4, -0.2) is 33.4 Å². The quantitative estimate of drug-likeness (QED) is 0.353. The molecule has 4 rings (SSSR count). The Morgan fingerprint density at radius 1 is 1.00 bits per heavy atom. The number of nitriles is 1. The summed E-state index contributed by atoms with van der Waals surface area (Å²) < 4.78 is 43.5. The van der Waals surface area contributed by atoms with E-state index >= 15 is 0 Å². The van der Waals surface area contributed by atoms with E-state index in [0.717, 1.165) is 11.1 Å². The van der Waals surface area contributed by atoms with Gasteiger partial charge in [-0.2, -0.15) is 23.5 Å². The number of carbonyl (C=O) groups excluding carboxylic acids is 1. The van der Waals surface area contributed by atoms with Crippen LogP contribution in [0, 0.1) is 11.3 Å². The molecule has 7 nitrogen and oxygen atoms in total. The molecule has 0 aliphatic rings. The summed E-state index contributed by atoms with van der Waals surface area (Å²) in [6, 6.07) is 18.0. The lowest BCUT2D eigenvalue weighted by atomic mass is 9.96. The van der Waals surface area contributed by atoms with Crippen LogP contribution in [0.4, 0.5) is 19.0 Å². The van der Waals surface area contributed by atoms with Crippen molar-refractivity contribution in [2.24, 2.45) is 7.05 Å². The van der Waals surface area contributed by atoms with Gasteiger partial charge in [-0.05, 0) is 35.4 Å². The predicted molar refractivity (Wildman–Crippen MR) is 132 cm³/mol. The zero-order chi connectivity index (χ0) is 26.4. The van der Waals surface area contributed by atoms with E-state index in [0.29, 0.717) is 5.56 Å². The van der Waals surface area contributed by atoms with Gasteiger partial charge in [0.1, 0.15) is 11.9 Å². The van der Waals surface area contributed by atoms with Gasteiger partial charge in [0, 0.05) is 37.1 Å². The second kappa shape index (κ2) is 11.1. The third kappa shape index (κ3) is 6.39. The van der Waals surface area contributed by atoms with Gasteiger partial charge >= 0.3 is 6.18 Å². The molecule has 0 spiro atoms. The highest BCUT2D eigenvalue weighted by Gasteiger charge is 2.41. The molecule has 0 aliphatic carbocycles. The minimum absolute atomic E-state index is 0.00104. The summed E-state index contributed by atoms with van der Waals surface area (Å²) in [5, 5.41) is 18.6. The first-order valence-corrected chi connectivity index (χ1v) is 11.4. The van der Waals surface area contributed by atoms with Gasteiger partial charge in [-0.25, -0.2) is 4.98 Å². The molecule has 4 aromatic rings. The summed E-state index contributed by atoms with van der Waals surface area (Å²) in [6.07, 6.45) is 0.538. The van der Waals surface area contributed by atoms with Gasteiger partial charge in [0.25, 0.3) is 0 Å². The van der Waals surface area contributed by atoms with Crippen molar-refractivity contribution < 1.29 is 18.0 Å². The maximum atomic E-state index is 13.9. The number of nitrogens with one attached hydrogen (secondary N) is 2. The Kier molecular flexibility index (Phi) is 7.65. The number of carbonyl (C=O) groups is 1. The summed E-state index contributed by atoms with van der Waals surface area (Å²) in [6.45, 7) is -0.546.